The molecule has 2 aliphatic rings. The number of nitrogens with zero attached hydrogens (tertiary/aromatic N) is 5. The molecule has 0 aromatic carbocycles. The first-order valence-electron chi connectivity index (χ1n) is 7.01. The van der Waals surface area contributed by atoms with Gasteiger partial charge in [-0.25, -0.2) is 13.2 Å². The van der Waals surface area contributed by atoms with Crippen molar-refractivity contribution in [2.75, 3.05) is 6.54 Å². The van der Waals surface area contributed by atoms with Gasteiger partial charge in [-0.1, -0.05) is 12.1 Å². The summed E-state index contributed by atoms with van der Waals surface area (Å²) in [5.41, 5.74) is 0.865. The number of aromatic nitrogens is 3. The predicted molar refractivity (Wildman–Crippen MR) is 70.9 cm³/mol. The van der Waals surface area contributed by atoms with Gasteiger partial charge in [0.15, 0.2) is 0 Å². The molecule has 2 fully saturated rings. The first-order valence-corrected chi connectivity index (χ1v) is 8.35. The van der Waals surface area contributed by atoms with Crippen LogP contribution in [0.15, 0.2) is 6.20 Å². The van der Waals surface area contributed by atoms with Crippen molar-refractivity contribution >= 4 is 16.4 Å². The summed E-state index contributed by atoms with van der Waals surface area (Å²) < 4.78 is 38.1. The van der Waals surface area contributed by atoms with Gasteiger partial charge in [-0.05, 0) is 19.3 Å². The Morgan fingerprint density at radius 2 is 2.17 bits per heavy atom. The number of hydrogen-bond donors (Lipinski definition) is 0. The van der Waals surface area contributed by atoms with Crippen LogP contribution in [0.4, 0.5) is 4.79 Å². The van der Waals surface area contributed by atoms with Crippen LogP contribution < -0.4 is 29.6 Å². The molecule has 0 spiro atoms. The molecule has 2 bridgehead atoms. The second kappa shape index (κ2) is 7.03. The maximum Gasteiger partial charge on any atom is 1.00 e. The van der Waals surface area contributed by atoms with Crippen molar-refractivity contribution in [3.63, 3.8) is 0 Å². The quantitative estimate of drug-likeness (QED) is 0.306. The summed E-state index contributed by atoms with van der Waals surface area (Å²) in [5, 5.41) is 8.68. The van der Waals surface area contributed by atoms with E-state index in [1.807, 2.05) is 13.1 Å². The molecule has 2 aliphatic heterocycles. The largest absolute Gasteiger partial charge is 1.00 e. The molecule has 1 aromatic heterocycles. The van der Waals surface area contributed by atoms with Crippen LogP contribution in [-0.2, 0) is 27.6 Å². The van der Waals surface area contributed by atoms with E-state index in [9.17, 15) is 17.8 Å². The Hall–Kier alpha value is -0.720. The van der Waals surface area contributed by atoms with Gasteiger partial charge in [0, 0.05) is 12.7 Å². The van der Waals surface area contributed by atoms with Crippen LogP contribution in [0.5, 0.6) is 0 Å². The standard InChI is InChI=1S/C11H17N5O5S.Na/c1-2-8-5-14(13-12-8)6-9-3-4-10-7-15(9)11(17)16(10)21-22(18,19)20;/h5,9-10H,2-4,6-7H2,1H3,(H,18,19,20);/q;+1/p-1/t9-,10+;/m0./s1. The Balaban J connectivity index is 0.00000192. The van der Waals surface area contributed by atoms with Crippen molar-refractivity contribution < 1.29 is 51.6 Å². The first kappa shape index (κ1) is 18.6. The van der Waals surface area contributed by atoms with Gasteiger partial charge in [-0.3, -0.25) is 4.68 Å². The number of urea groups is 1. The van der Waals surface area contributed by atoms with Crippen molar-refractivity contribution in [1.82, 2.24) is 25.0 Å². The third kappa shape index (κ3) is 4.03. The summed E-state index contributed by atoms with van der Waals surface area (Å²) in [6.07, 6.45) is 3.84. The van der Waals surface area contributed by atoms with Crippen molar-refractivity contribution in [3.8, 4) is 0 Å². The zero-order valence-electron chi connectivity index (χ0n) is 13.0. The van der Waals surface area contributed by atoms with Gasteiger partial charge in [-0.2, -0.15) is 9.35 Å². The zero-order valence-corrected chi connectivity index (χ0v) is 15.8. The molecule has 12 heteroatoms. The molecule has 2 saturated heterocycles. The van der Waals surface area contributed by atoms with Crippen LogP contribution in [0.1, 0.15) is 25.5 Å². The van der Waals surface area contributed by atoms with Crippen LogP contribution >= 0.6 is 0 Å². The second-order valence-electron chi connectivity index (χ2n) is 5.41. The average molecular weight is 353 g/mol. The fourth-order valence-electron chi connectivity index (χ4n) is 2.90. The van der Waals surface area contributed by atoms with Gasteiger partial charge in [0.25, 0.3) is 0 Å². The minimum absolute atomic E-state index is 0. The minimum atomic E-state index is -4.95. The SMILES string of the molecule is CCc1cn(C[C@@H]2CC[C@@H]3CN2C(=O)N3OS(=O)(=O)[O-])nn1.[Na+]. The molecular weight excluding hydrogens is 337 g/mol. The summed E-state index contributed by atoms with van der Waals surface area (Å²) >= 11 is 0. The summed E-state index contributed by atoms with van der Waals surface area (Å²) in [4.78, 5) is 13.7. The van der Waals surface area contributed by atoms with Gasteiger partial charge in [0.1, 0.15) is 0 Å². The summed E-state index contributed by atoms with van der Waals surface area (Å²) in [6.45, 7) is 2.79. The Kier molecular flexibility index (Phi) is 5.69. The van der Waals surface area contributed by atoms with Crippen molar-refractivity contribution in [2.24, 2.45) is 0 Å². The van der Waals surface area contributed by atoms with Crippen LogP contribution in [0.2, 0.25) is 0 Å². The molecule has 0 aliphatic carbocycles. The smallest absolute Gasteiger partial charge is 0.724 e. The molecule has 3 rings (SSSR count). The van der Waals surface area contributed by atoms with Gasteiger partial charge < -0.3 is 9.45 Å². The maximum absolute atomic E-state index is 12.2. The summed E-state index contributed by atoms with van der Waals surface area (Å²) in [7, 11) is -4.95. The molecule has 0 unspecified atom stereocenters. The van der Waals surface area contributed by atoms with E-state index in [0.717, 1.165) is 12.1 Å². The van der Waals surface area contributed by atoms with E-state index in [0.29, 0.717) is 31.0 Å². The molecule has 23 heavy (non-hydrogen) atoms. The molecule has 2 amide bonds. The van der Waals surface area contributed by atoms with Gasteiger partial charge in [0.2, 0.25) is 10.4 Å². The number of carbonyl (C=O) groups excluding carboxylic acids is 1. The molecule has 0 N–H and O–H groups in total. The molecule has 0 saturated carbocycles. The average Bonchev–Trinajstić information content (AvgIpc) is 2.99. The fourth-order valence-corrected chi connectivity index (χ4v) is 3.29. The van der Waals surface area contributed by atoms with E-state index in [1.165, 1.54) is 4.90 Å². The van der Waals surface area contributed by atoms with E-state index in [2.05, 4.69) is 14.6 Å². The van der Waals surface area contributed by atoms with E-state index in [4.69, 9.17) is 0 Å². The zero-order chi connectivity index (χ0) is 15.9. The van der Waals surface area contributed by atoms with Gasteiger partial charge >= 0.3 is 35.6 Å². The topological polar surface area (TPSA) is 121 Å². The minimum Gasteiger partial charge on any atom is -0.724 e. The summed E-state index contributed by atoms with van der Waals surface area (Å²) in [5.74, 6) is 0. The predicted octanol–water partition coefficient (Wildman–Crippen LogP) is -3.50. The van der Waals surface area contributed by atoms with Gasteiger partial charge in [0.05, 0.1) is 24.3 Å². The molecule has 122 valence electrons. The van der Waals surface area contributed by atoms with Crippen LogP contribution in [0.3, 0.4) is 0 Å². The number of rotatable bonds is 5. The Morgan fingerprint density at radius 3 is 2.78 bits per heavy atom. The van der Waals surface area contributed by atoms with Crippen molar-refractivity contribution in [3.05, 3.63) is 11.9 Å². The van der Waals surface area contributed by atoms with E-state index in [1.54, 1.807) is 4.68 Å². The van der Waals surface area contributed by atoms with Crippen LogP contribution in [0, 0.1) is 0 Å². The molecule has 1 aromatic rings. The fraction of sp³-hybridized carbons (Fsp3) is 0.727. The Bertz CT molecular complexity index is 680. The summed E-state index contributed by atoms with van der Waals surface area (Å²) in [6, 6.07) is -1.13. The number of carbonyl (C=O) groups is 1. The number of aryl methyl sites for hydroxylation is 1. The van der Waals surface area contributed by atoms with Crippen LogP contribution in [-0.4, -0.2) is 62.6 Å². The van der Waals surface area contributed by atoms with Gasteiger partial charge in [-0.15, -0.1) is 5.10 Å². The van der Waals surface area contributed by atoms with Crippen molar-refractivity contribution in [2.45, 2.75) is 44.8 Å². The Labute approximate surface area is 155 Å². The third-order valence-electron chi connectivity index (χ3n) is 3.96. The second-order valence-corrected chi connectivity index (χ2v) is 6.38. The van der Waals surface area contributed by atoms with E-state index >= 15 is 0 Å². The first-order chi connectivity index (χ1) is 10.4. The van der Waals surface area contributed by atoms with E-state index < -0.39 is 22.5 Å². The molecule has 0 radical (unpaired) electrons. The van der Waals surface area contributed by atoms with E-state index in [-0.39, 0.29) is 35.6 Å². The number of piperidine rings is 1. The Morgan fingerprint density at radius 1 is 1.43 bits per heavy atom. The van der Waals surface area contributed by atoms with Crippen LogP contribution in [0.25, 0.3) is 0 Å². The third-order valence-corrected chi connectivity index (χ3v) is 4.31. The normalized spacial score (nSPS) is 24.0. The number of fused-ring (bicyclic) bond motifs is 2. The number of hydroxylamine groups is 2. The monoisotopic (exact) mass is 353 g/mol. The maximum atomic E-state index is 12.2. The van der Waals surface area contributed by atoms with Crippen molar-refractivity contribution in [1.29, 1.82) is 0 Å². The molecular formula is C11H16N5NaO5S. The number of hydrogen-bond acceptors (Lipinski definition) is 7. The number of amides is 2. The molecule has 3 heterocycles. The molecule has 10 nitrogen and oxygen atoms in total. The molecule has 2 atom stereocenters.